The van der Waals surface area contributed by atoms with Crippen molar-refractivity contribution in [2.45, 2.75) is 23.3 Å². The molecular weight excluding hydrogens is 386 g/mol. The fourth-order valence-electron chi connectivity index (χ4n) is 3.03. The van der Waals surface area contributed by atoms with Crippen LogP contribution in [0.3, 0.4) is 0 Å². The Hall–Kier alpha value is -2.39. The van der Waals surface area contributed by atoms with Gasteiger partial charge in [-0.05, 0) is 36.8 Å². The number of hydrogen-bond donors (Lipinski definition) is 1. The first kappa shape index (κ1) is 19.4. The smallest absolute Gasteiger partial charge is 0.177 e. The zero-order valence-corrected chi connectivity index (χ0v) is 17.1. The molecule has 0 aliphatic rings. The van der Waals surface area contributed by atoms with Crippen molar-refractivity contribution in [1.29, 1.82) is 0 Å². The van der Waals surface area contributed by atoms with E-state index in [1.165, 1.54) is 18.2 Å². The molecule has 1 heterocycles. The normalized spacial score (nSPS) is 12.4. The predicted molar refractivity (Wildman–Crippen MR) is 105 cm³/mol. The van der Waals surface area contributed by atoms with E-state index >= 15 is 0 Å². The van der Waals surface area contributed by atoms with E-state index in [-0.39, 0.29) is 9.79 Å². The molecule has 0 atom stereocenters. The lowest BCUT2D eigenvalue weighted by Crippen LogP contribution is -2.10. The van der Waals surface area contributed by atoms with Crippen LogP contribution < -0.4 is 5.32 Å². The number of nitrogens with one attached hydrogen (secondary N) is 1. The standard InChI is InChI=1S/C18H21N3O4S2/c1-12-6-5-7-15-18(12)21(2)17(20-15)11-19-14-9-8-13(26(3,22)23)10-16(14)27(4,24)25/h5-10,19H,11H2,1-4H3. The van der Waals surface area contributed by atoms with E-state index in [4.69, 9.17) is 0 Å². The molecule has 3 aromatic rings. The van der Waals surface area contributed by atoms with Gasteiger partial charge in [0.2, 0.25) is 0 Å². The molecule has 1 N–H and O–H groups in total. The number of sulfone groups is 2. The summed E-state index contributed by atoms with van der Waals surface area (Å²) in [6.07, 6.45) is 2.10. The summed E-state index contributed by atoms with van der Waals surface area (Å²) in [6.45, 7) is 2.30. The van der Waals surface area contributed by atoms with Gasteiger partial charge < -0.3 is 9.88 Å². The Morgan fingerprint density at radius 3 is 2.33 bits per heavy atom. The first-order chi connectivity index (χ1) is 12.5. The molecule has 0 aliphatic heterocycles. The lowest BCUT2D eigenvalue weighted by molar-refractivity contribution is 0.600. The molecule has 0 spiro atoms. The molecule has 144 valence electrons. The monoisotopic (exact) mass is 407 g/mol. The minimum absolute atomic E-state index is 0.0353. The Kier molecular flexibility index (Phi) is 4.77. The number of aromatic nitrogens is 2. The minimum atomic E-state index is -3.62. The topological polar surface area (TPSA) is 98.1 Å². The maximum Gasteiger partial charge on any atom is 0.177 e. The zero-order chi connectivity index (χ0) is 20.0. The van der Waals surface area contributed by atoms with Crippen LogP contribution in [0.1, 0.15) is 11.4 Å². The van der Waals surface area contributed by atoms with Crippen LogP contribution >= 0.6 is 0 Å². The minimum Gasteiger partial charge on any atom is -0.377 e. The SMILES string of the molecule is Cc1cccc2nc(CNc3ccc(S(C)(=O)=O)cc3S(C)(=O)=O)n(C)c12. The summed E-state index contributed by atoms with van der Waals surface area (Å²) in [5, 5.41) is 3.08. The van der Waals surface area contributed by atoms with Crippen molar-refractivity contribution in [2.75, 3.05) is 17.8 Å². The van der Waals surface area contributed by atoms with Crippen molar-refractivity contribution in [1.82, 2.24) is 9.55 Å². The number of aryl methyl sites for hydroxylation is 2. The summed E-state index contributed by atoms with van der Waals surface area (Å²) in [5.41, 5.74) is 3.33. The molecule has 0 fully saturated rings. The third kappa shape index (κ3) is 3.84. The average Bonchev–Trinajstić information content (AvgIpc) is 2.88. The molecule has 0 saturated carbocycles. The lowest BCUT2D eigenvalue weighted by atomic mass is 10.2. The number of hydrogen-bond acceptors (Lipinski definition) is 6. The molecule has 0 unspecified atom stereocenters. The van der Waals surface area contributed by atoms with E-state index in [1.807, 2.05) is 36.7 Å². The number of benzene rings is 2. The molecule has 0 bridgehead atoms. The van der Waals surface area contributed by atoms with Crippen molar-refractivity contribution in [2.24, 2.45) is 7.05 Å². The molecule has 2 aromatic carbocycles. The average molecular weight is 408 g/mol. The first-order valence-electron chi connectivity index (χ1n) is 8.17. The Morgan fingerprint density at radius 2 is 1.74 bits per heavy atom. The quantitative estimate of drug-likeness (QED) is 0.697. The van der Waals surface area contributed by atoms with Crippen molar-refractivity contribution >= 4 is 36.4 Å². The van der Waals surface area contributed by atoms with Crippen molar-refractivity contribution in [3.05, 3.63) is 47.8 Å². The fraction of sp³-hybridized carbons (Fsp3) is 0.278. The largest absolute Gasteiger partial charge is 0.377 e. The van der Waals surface area contributed by atoms with Crippen LogP contribution in [0, 0.1) is 6.92 Å². The predicted octanol–water partition coefficient (Wildman–Crippen LogP) is 2.30. The third-order valence-electron chi connectivity index (χ3n) is 4.41. The van der Waals surface area contributed by atoms with E-state index in [0.717, 1.165) is 34.9 Å². The van der Waals surface area contributed by atoms with Gasteiger partial charge in [0.15, 0.2) is 19.7 Å². The molecule has 0 aliphatic carbocycles. The van der Waals surface area contributed by atoms with Gasteiger partial charge in [0, 0.05) is 19.6 Å². The second-order valence-electron chi connectivity index (χ2n) is 6.59. The summed E-state index contributed by atoms with van der Waals surface area (Å²) in [4.78, 5) is 4.50. The van der Waals surface area contributed by atoms with Crippen LogP contribution in [0.4, 0.5) is 5.69 Å². The highest BCUT2D eigenvalue weighted by Crippen LogP contribution is 2.26. The Bertz CT molecular complexity index is 1240. The Labute approximate surface area is 158 Å². The van der Waals surface area contributed by atoms with Gasteiger partial charge in [-0.2, -0.15) is 0 Å². The molecule has 1 aromatic heterocycles. The highest BCUT2D eigenvalue weighted by Gasteiger charge is 2.18. The van der Waals surface area contributed by atoms with Crippen molar-refractivity contribution < 1.29 is 16.8 Å². The van der Waals surface area contributed by atoms with E-state index in [0.29, 0.717) is 12.2 Å². The lowest BCUT2D eigenvalue weighted by Gasteiger charge is -2.12. The van der Waals surface area contributed by atoms with E-state index in [1.54, 1.807) is 0 Å². The molecule has 0 saturated heterocycles. The van der Waals surface area contributed by atoms with Gasteiger partial charge in [-0.25, -0.2) is 21.8 Å². The van der Waals surface area contributed by atoms with Gasteiger partial charge in [-0.1, -0.05) is 12.1 Å². The van der Waals surface area contributed by atoms with E-state index in [9.17, 15) is 16.8 Å². The van der Waals surface area contributed by atoms with Crippen molar-refractivity contribution in [3.63, 3.8) is 0 Å². The molecule has 0 amide bonds. The summed E-state index contributed by atoms with van der Waals surface area (Å²) in [6, 6.07) is 9.92. The maximum absolute atomic E-state index is 12.1. The molecule has 7 nitrogen and oxygen atoms in total. The number of nitrogens with zero attached hydrogens (tertiary/aromatic N) is 2. The van der Waals surface area contributed by atoms with Crippen LogP contribution in [-0.4, -0.2) is 38.9 Å². The molecule has 0 radical (unpaired) electrons. The van der Waals surface area contributed by atoms with Gasteiger partial charge >= 0.3 is 0 Å². The molecule has 27 heavy (non-hydrogen) atoms. The van der Waals surface area contributed by atoms with E-state index < -0.39 is 19.7 Å². The number of rotatable bonds is 5. The van der Waals surface area contributed by atoms with Gasteiger partial charge in [0.05, 0.1) is 33.1 Å². The molecule has 3 rings (SSSR count). The molecular formula is C18H21N3O4S2. The maximum atomic E-state index is 12.1. The third-order valence-corrected chi connectivity index (χ3v) is 6.65. The second kappa shape index (κ2) is 6.65. The molecule has 9 heteroatoms. The fourth-order valence-corrected chi connectivity index (χ4v) is 4.63. The summed E-state index contributed by atoms with van der Waals surface area (Å²) in [5.74, 6) is 0.742. The first-order valence-corrected chi connectivity index (χ1v) is 12.0. The highest BCUT2D eigenvalue weighted by molar-refractivity contribution is 7.91. The van der Waals surface area contributed by atoms with Crippen LogP contribution in [0.5, 0.6) is 0 Å². The van der Waals surface area contributed by atoms with Crippen LogP contribution in [0.25, 0.3) is 11.0 Å². The summed E-state index contributed by atoms with van der Waals surface area (Å²) < 4.78 is 49.7. The number of para-hydroxylation sites is 1. The number of imidazole rings is 1. The number of fused-ring (bicyclic) bond motifs is 1. The van der Waals surface area contributed by atoms with Crippen LogP contribution in [-0.2, 0) is 33.3 Å². The second-order valence-corrected chi connectivity index (χ2v) is 10.6. The van der Waals surface area contributed by atoms with Gasteiger partial charge in [0.25, 0.3) is 0 Å². The highest BCUT2D eigenvalue weighted by atomic mass is 32.2. The Balaban J connectivity index is 1.99. The zero-order valence-electron chi connectivity index (χ0n) is 15.5. The summed E-state index contributed by atoms with van der Waals surface area (Å²) >= 11 is 0. The Morgan fingerprint density at radius 1 is 1.04 bits per heavy atom. The number of anilines is 1. The van der Waals surface area contributed by atoms with Crippen molar-refractivity contribution in [3.8, 4) is 0 Å². The van der Waals surface area contributed by atoms with Crippen LogP contribution in [0.15, 0.2) is 46.2 Å². The summed E-state index contributed by atoms with van der Waals surface area (Å²) in [7, 11) is -5.22. The van der Waals surface area contributed by atoms with Crippen LogP contribution in [0.2, 0.25) is 0 Å². The van der Waals surface area contributed by atoms with Gasteiger partial charge in [-0.15, -0.1) is 0 Å². The van der Waals surface area contributed by atoms with Gasteiger partial charge in [-0.3, -0.25) is 0 Å². The van der Waals surface area contributed by atoms with E-state index in [2.05, 4.69) is 10.3 Å². The van der Waals surface area contributed by atoms with Gasteiger partial charge in [0.1, 0.15) is 5.82 Å².